The number of phenols is 2. The van der Waals surface area contributed by atoms with E-state index in [4.69, 9.17) is 0 Å². The largest absolute Gasteiger partial charge is 0.506 e. The molecule has 0 radical (unpaired) electrons. The Morgan fingerprint density at radius 3 is 1.44 bits per heavy atom. The molecule has 2 aromatic rings. The van der Waals surface area contributed by atoms with Crippen molar-refractivity contribution in [3.8, 4) is 11.5 Å². The number of amides is 2. The minimum atomic E-state index is -0.199. The summed E-state index contributed by atoms with van der Waals surface area (Å²) in [4.78, 5) is 22.4. The average molecular weight is 471 g/mol. The van der Waals surface area contributed by atoms with Gasteiger partial charge in [-0.3, -0.25) is 9.59 Å². The van der Waals surface area contributed by atoms with Crippen LogP contribution in [0, 0.1) is 0 Å². The lowest BCUT2D eigenvalue weighted by Gasteiger charge is -2.10. The summed E-state index contributed by atoms with van der Waals surface area (Å²) < 4.78 is 0. The molecule has 0 aliphatic carbocycles. The SMILES string of the molecule is CC(=O)Nc1cc(CCNCCCCCCNCCc2ccc(O)c(NC(C)=O)c2)ccc1O. The summed E-state index contributed by atoms with van der Waals surface area (Å²) in [5.74, 6) is -0.235. The molecule has 186 valence electrons. The first-order chi connectivity index (χ1) is 16.3. The molecule has 0 saturated heterocycles. The van der Waals surface area contributed by atoms with Gasteiger partial charge >= 0.3 is 0 Å². The number of rotatable bonds is 15. The molecule has 0 unspecified atom stereocenters. The van der Waals surface area contributed by atoms with E-state index >= 15 is 0 Å². The number of carbonyl (C=O) groups is 2. The Morgan fingerprint density at radius 1 is 0.647 bits per heavy atom. The predicted molar refractivity (Wildman–Crippen MR) is 136 cm³/mol. The van der Waals surface area contributed by atoms with E-state index in [0.29, 0.717) is 11.4 Å². The fraction of sp³-hybridized carbons (Fsp3) is 0.462. The van der Waals surface area contributed by atoms with Crippen molar-refractivity contribution in [3.05, 3.63) is 47.5 Å². The first-order valence-corrected chi connectivity index (χ1v) is 12.0. The Morgan fingerprint density at radius 2 is 1.06 bits per heavy atom. The third kappa shape index (κ3) is 10.7. The Bertz CT molecular complexity index is 858. The normalized spacial score (nSPS) is 10.8. The maximum atomic E-state index is 11.2. The summed E-state index contributed by atoms with van der Waals surface area (Å²) in [6, 6.07) is 10.6. The van der Waals surface area contributed by atoms with Crippen molar-refractivity contribution in [2.24, 2.45) is 0 Å². The van der Waals surface area contributed by atoms with Gasteiger partial charge in [0.2, 0.25) is 11.8 Å². The monoisotopic (exact) mass is 470 g/mol. The van der Waals surface area contributed by atoms with Gasteiger partial charge in [0.1, 0.15) is 11.5 Å². The number of benzene rings is 2. The number of aromatic hydroxyl groups is 2. The first-order valence-electron chi connectivity index (χ1n) is 12.0. The van der Waals surface area contributed by atoms with Crippen molar-refractivity contribution in [1.82, 2.24) is 10.6 Å². The van der Waals surface area contributed by atoms with Crippen LogP contribution >= 0.6 is 0 Å². The lowest BCUT2D eigenvalue weighted by Crippen LogP contribution is -2.19. The van der Waals surface area contributed by atoms with Crippen molar-refractivity contribution in [3.63, 3.8) is 0 Å². The highest BCUT2D eigenvalue weighted by Crippen LogP contribution is 2.25. The molecule has 2 rings (SSSR count). The van der Waals surface area contributed by atoms with Crippen LogP contribution in [0.15, 0.2) is 36.4 Å². The number of hydrogen-bond acceptors (Lipinski definition) is 6. The molecule has 0 aromatic heterocycles. The number of phenolic OH excluding ortho intramolecular Hbond substituents is 2. The van der Waals surface area contributed by atoms with Crippen molar-refractivity contribution in [1.29, 1.82) is 0 Å². The number of anilines is 2. The molecular weight excluding hydrogens is 432 g/mol. The van der Waals surface area contributed by atoms with Gasteiger partial charge in [-0.2, -0.15) is 0 Å². The molecule has 8 heteroatoms. The topological polar surface area (TPSA) is 123 Å². The molecule has 0 spiro atoms. The first kappa shape index (κ1) is 27.1. The van der Waals surface area contributed by atoms with Gasteiger partial charge in [-0.15, -0.1) is 0 Å². The quantitative estimate of drug-likeness (QED) is 0.175. The van der Waals surface area contributed by atoms with Crippen LogP contribution in [0.25, 0.3) is 0 Å². The van der Waals surface area contributed by atoms with Gasteiger partial charge in [-0.1, -0.05) is 25.0 Å². The van der Waals surface area contributed by atoms with E-state index in [9.17, 15) is 19.8 Å². The minimum absolute atomic E-state index is 0.0813. The fourth-order valence-corrected chi connectivity index (χ4v) is 3.63. The van der Waals surface area contributed by atoms with Crippen LogP contribution < -0.4 is 21.3 Å². The van der Waals surface area contributed by atoms with E-state index in [1.807, 2.05) is 24.3 Å². The maximum absolute atomic E-state index is 11.2. The molecule has 0 saturated carbocycles. The zero-order chi connectivity index (χ0) is 24.8. The summed E-state index contributed by atoms with van der Waals surface area (Å²) in [5, 5.41) is 31.7. The van der Waals surface area contributed by atoms with E-state index in [1.165, 1.54) is 26.7 Å². The van der Waals surface area contributed by atoms with Gasteiger partial charge in [0.15, 0.2) is 0 Å². The minimum Gasteiger partial charge on any atom is -0.506 e. The van der Waals surface area contributed by atoms with Crippen LogP contribution in [0.5, 0.6) is 11.5 Å². The molecule has 0 heterocycles. The lowest BCUT2D eigenvalue weighted by atomic mass is 10.1. The molecule has 2 amide bonds. The maximum Gasteiger partial charge on any atom is 0.221 e. The molecule has 34 heavy (non-hydrogen) atoms. The van der Waals surface area contributed by atoms with E-state index in [1.54, 1.807) is 12.1 Å². The second-order valence-corrected chi connectivity index (χ2v) is 8.48. The second-order valence-electron chi connectivity index (χ2n) is 8.48. The van der Waals surface area contributed by atoms with Gasteiger partial charge in [-0.05, 0) is 87.3 Å². The van der Waals surface area contributed by atoms with Crippen LogP contribution in [0.4, 0.5) is 11.4 Å². The Balaban J connectivity index is 1.48. The van der Waals surface area contributed by atoms with Gasteiger partial charge in [-0.25, -0.2) is 0 Å². The predicted octanol–water partition coefficient (Wildman–Crippen LogP) is 3.54. The van der Waals surface area contributed by atoms with Crippen LogP contribution in [-0.4, -0.2) is 48.2 Å². The molecule has 8 nitrogen and oxygen atoms in total. The molecular formula is C26H38N4O4. The van der Waals surface area contributed by atoms with Gasteiger partial charge in [0, 0.05) is 13.8 Å². The summed E-state index contributed by atoms with van der Waals surface area (Å²) in [7, 11) is 0. The van der Waals surface area contributed by atoms with Crippen LogP contribution in [0.3, 0.4) is 0 Å². The number of unbranched alkanes of at least 4 members (excludes halogenated alkanes) is 3. The number of carbonyl (C=O) groups excluding carboxylic acids is 2. The average Bonchev–Trinajstić information content (AvgIpc) is 2.78. The molecule has 6 N–H and O–H groups in total. The highest BCUT2D eigenvalue weighted by Gasteiger charge is 2.05. The summed E-state index contributed by atoms with van der Waals surface area (Å²) >= 11 is 0. The van der Waals surface area contributed by atoms with E-state index in [2.05, 4.69) is 21.3 Å². The van der Waals surface area contributed by atoms with Gasteiger partial charge < -0.3 is 31.5 Å². The van der Waals surface area contributed by atoms with Gasteiger partial charge in [0.05, 0.1) is 11.4 Å². The zero-order valence-electron chi connectivity index (χ0n) is 20.2. The van der Waals surface area contributed by atoms with E-state index in [0.717, 1.165) is 63.0 Å². The van der Waals surface area contributed by atoms with Crippen LogP contribution in [0.1, 0.15) is 50.7 Å². The highest BCUT2D eigenvalue weighted by molar-refractivity contribution is 5.91. The van der Waals surface area contributed by atoms with Crippen molar-refractivity contribution in [2.45, 2.75) is 52.4 Å². The fourth-order valence-electron chi connectivity index (χ4n) is 3.63. The Kier molecular flexibility index (Phi) is 11.9. The highest BCUT2D eigenvalue weighted by atomic mass is 16.3. The standard InChI is InChI=1S/C26H38N4O4/c1-19(31)29-23-17-21(7-9-25(23)33)11-15-27-13-5-3-4-6-14-28-16-12-22-8-10-26(34)24(18-22)30-20(2)32/h7-10,17-18,27-28,33-34H,3-6,11-16H2,1-2H3,(H,29,31)(H,30,32). The molecule has 0 bridgehead atoms. The number of nitrogens with one attached hydrogen (secondary N) is 4. The summed E-state index contributed by atoms with van der Waals surface area (Å²) in [6.45, 7) is 6.50. The zero-order valence-corrected chi connectivity index (χ0v) is 20.2. The second kappa shape index (κ2) is 14.9. The Hall–Kier alpha value is -3.10. The van der Waals surface area contributed by atoms with E-state index < -0.39 is 0 Å². The summed E-state index contributed by atoms with van der Waals surface area (Å²) in [6.07, 6.45) is 6.30. The van der Waals surface area contributed by atoms with Crippen molar-refractivity contribution in [2.75, 3.05) is 36.8 Å². The molecule has 0 aliphatic rings. The summed E-state index contributed by atoms with van der Waals surface area (Å²) in [5.41, 5.74) is 3.05. The van der Waals surface area contributed by atoms with Crippen molar-refractivity contribution < 1.29 is 19.8 Å². The molecule has 2 aromatic carbocycles. The molecule has 0 fully saturated rings. The smallest absolute Gasteiger partial charge is 0.221 e. The third-order valence-corrected chi connectivity index (χ3v) is 5.38. The van der Waals surface area contributed by atoms with Crippen molar-refractivity contribution >= 4 is 23.2 Å². The molecule has 0 aliphatic heterocycles. The van der Waals surface area contributed by atoms with Crippen LogP contribution in [0.2, 0.25) is 0 Å². The number of hydrogen-bond donors (Lipinski definition) is 6. The van der Waals surface area contributed by atoms with Gasteiger partial charge in [0.25, 0.3) is 0 Å². The lowest BCUT2D eigenvalue weighted by molar-refractivity contribution is -0.115. The van der Waals surface area contributed by atoms with E-state index in [-0.39, 0.29) is 23.3 Å². The third-order valence-electron chi connectivity index (χ3n) is 5.38. The van der Waals surface area contributed by atoms with Crippen LogP contribution in [-0.2, 0) is 22.4 Å². The molecule has 0 atom stereocenters. The Labute approximate surface area is 202 Å².